The highest BCUT2D eigenvalue weighted by molar-refractivity contribution is 7.88. The van der Waals surface area contributed by atoms with E-state index in [-0.39, 0.29) is 17.6 Å². The summed E-state index contributed by atoms with van der Waals surface area (Å²) < 4.78 is 41.2. The van der Waals surface area contributed by atoms with Gasteiger partial charge in [0, 0.05) is 18.9 Å². The molecule has 3 aromatic rings. The summed E-state index contributed by atoms with van der Waals surface area (Å²) >= 11 is 0. The first kappa shape index (κ1) is 17.8. The highest BCUT2D eigenvalue weighted by atomic mass is 32.2. The Labute approximate surface area is 158 Å². The zero-order chi connectivity index (χ0) is 18.9. The van der Waals surface area contributed by atoms with Crippen molar-refractivity contribution in [2.24, 2.45) is 0 Å². The molecule has 2 heterocycles. The summed E-state index contributed by atoms with van der Waals surface area (Å²) in [5, 5.41) is 0. The molecule has 1 aromatic heterocycles. The fraction of sp³-hybridized carbons (Fsp3) is 0.190. The average molecular weight is 382 g/mol. The van der Waals surface area contributed by atoms with Gasteiger partial charge in [-0.15, -0.1) is 0 Å². The molecule has 2 aromatic carbocycles. The van der Waals surface area contributed by atoms with Gasteiger partial charge in [-0.05, 0) is 52.9 Å². The first-order chi connectivity index (χ1) is 13.0. The number of pyridine rings is 1. The number of benzene rings is 2. The molecule has 4 rings (SSSR count). The van der Waals surface area contributed by atoms with Gasteiger partial charge in [0.15, 0.2) is 0 Å². The summed E-state index contributed by atoms with van der Waals surface area (Å²) in [5.74, 6) is -0.533. The van der Waals surface area contributed by atoms with Crippen LogP contribution in [0.1, 0.15) is 28.3 Å². The Morgan fingerprint density at radius 1 is 1.00 bits per heavy atom. The molecule has 0 amide bonds. The van der Waals surface area contributed by atoms with E-state index in [0.29, 0.717) is 18.5 Å². The Morgan fingerprint density at radius 3 is 2.44 bits per heavy atom. The number of fused-ring (bicyclic) bond motifs is 1. The van der Waals surface area contributed by atoms with E-state index >= 15 is 0 Å². The van der Waals surface area contributed by atoms with E-state index in [1.54, 1.807) is 16.7 Å². The average Bonchev–Trinajstić information content (AvgIpc) is 2.69. The van der Waals surface area contributed by atoms with E-state index in [0.717, 1.165) is 16.7 Å². The maximum Gasteiger partial charge on any atom is 0.219 e. The van der Waals surface area contributed by atoms with Crippen LogP contribution in [0, 0.1) is 5.82 Å². The minimum absolute atomic E-state index is 0.156. The van der Waals surface area contributed by atoms with Crippen molar-refractivity contribution in [1.29, 1.82) is 0 Å². The van der Waals surface area contributed by atoms with Crippen molar-refractivity contribution < 1.29 is 12.8 Å². The van der Waals surface area contributed by atoms with Gasteiger partial charge in [0.05, 0.1) is 11.8 Å². The molecule has 0 radical (unpaired) electrons. The lowest BCUT2D eigenvalue weighted by atomic mass is 9.90. The van der Waals surface area contributed by atoms with Crippen LogP contribution in [-0.2, 0) is 22.2 Å². The van der Waals surface area contributed by atoms with E-state index in [1.807, 2.05) is 36.4 Å². The molecule has 138 valence electrons. The molecule has 0 saturated heterocycles. The normalized spacial score (nSPS) is 17.4. The lowest BCUT2D eigenvalue weighted by Crippen LogP contribution is -2.41. The minimum atomic E-state index is -3.60. The van der Waals surface area contributed by atoms with Crippen LogP contribution in [0.15, 0.2) is 73.1 Å². The predicted molar refractivity (Wildman–Crippen MR) is 102 cm³/mol. The van der Waals surface area contributed by atoms with Crippen molar-refractivity contribution >= 4 is 10.0 Å². The number of aromatic nitrogens is 1. The minimum Gasteiger partial charge on any atom is -0.265 e. The van der Waals surface area contributed by atoms with Crippen molar-refractivity contribution in [3.63, 3.8) is 0 Å². The SMILES string of the molecule is O=S(=O)(Cc1ccc(F)cc1)N1CCc2ccccc2C1c1ccncc1. The monoisotopic (exact) mass is 382 g/mol. The predicted octanol–water partition coefficient (Wildman–Crippen LogP) is 3.70. The van der Waals surface area contributed by atoms with Gasteiger partial charge in [-0.1, -0.05) is 36.4 Å². The largest absolute Gasteiger partial charge is 0.265 e. The van der Waals surface area contributed by atoms with Crippen LogP contribution in [0.25, 0.3) is 0 Å². The molecule has 1 unspecified atom stereocenters. The number of hydrogen-bond donors (Lipinski definition) is 0. The van der Waals surface area contributed by atoms with Gasteiger partial charge in [0.25, 0.3) is 0 Å². The maximum absolute atomic E-state index is 13.3. The van der Waals surface area contributed by atoms with Gasteiger partial charge >= 0.3 is 0 Å². The molecule has 0 bridgehead atoms. The van der Waals surface area contributed by atoms with Crippen LogP contribution in [-0.4, -0.2) is 24.3 Å². The molecule has 6 heteroatoms. The summed E-state index contributed by atoms with van der Waals surface area (Å²) in [6.45, 7) is 0.410. The third kappa shape index (κ3) is 3.63. The molecule has 0 spiro atoms. The summed E-state index contributed by atoms with van der Waals surface area (Å²) in [4.78, 5) is 4.06. The van der Waals surface area contributed by atoms with Crippen LogP contribution in [0.3, 0.4) is 0 Å². The third-order valence-electron chi connectivity index (χ3n) is 4.88. The van der Waals surface area contributed by atoms with Crippen molar-refractivity contribution in [3.05, 3.63) is 101 Å². The van der Waals surface area contributed by atoms with E-state index in [1.165, 1.54) is 24.3 Å². The van der Waals surface area contributed by atoms with Gasteiger partial charge in [-0.2, -0.15) is 4.31 Å². The Morgan fingerprint density at radius 2 is 1.70 bits per heavy atom. The van der Waals surface area contributed by atoms with Gasteiger partial charge in [-0.3, -0.25) is 4.98 Å². The Bertz CT molecular complexity index is 1040. The molecule has 1 atom stereocenters. The molecule has 27 heavy (non-hydrogen) atoms. The second kappa shape index (κ2) is 7.21. The molecule has 0 N–H and O–H groups in total. The number of nitrogens with zero attached hydrogens (tertiary/aromatic N) is 2. The molecule has 0 fully saturated rings. The summed E-state index contributed by atoms with van der Waals surface area (Å²) in [5.41, 5.74) is 3.62. The molecular formula is C21H19FN2O2S. The molecule has 0 aliphatic carbocycles. The number of sulfonamides is 1. The lowest BCUT2D eigenvalue weighted by Gasteiger charge is -2.36. The van der Waals surface area contributed by atoms with Gasteiger partial charge < -0.3 is 0 Å². The highest BCUT2D eigenvalue weighted by Gasteiger charge is 2.36. The summed E-state index contributed by atoms with van der Waals surface area (Å²) in [6, 6.07) is 16.9. The summed E-state index contributed by atoms with van der Waals surface area (Å²) in [6.07, 6.45) is 4.02. The van der Waals surface area contributed by atoms with Crippen LogP contribution >= 0.6 is 0 Å². The number of rotatable bonds is 4. The topological polar surface area (TPSA) is 50.3 Å². The van der Waals surface area contributed by atoms with E-state index in [4.69, 9.17) is 0 Å². The Kier molecular flexibility index (Phi) is 4.76. The quantitative estimate of drug-likeness (QED) is 0.691. The van der Waals surface area contributed by atoms with E-state index in [2.05, 4.69) is 4.98 Å². The molecule has 4 nitrogen and oxygen atoms in total. The van der Waals surface area contributed by atoms with Gasteiger partial charge in [0.1, 0.15) is 5.82 Å². The molecule has 0 saturated carbocycles. The first-order valence-corrected chi connectivity index (χ1v) is 10.4. The van der Waals surface area contributed by atoms with E-state index in [9.17, 15) is 12.8 Å². The second-order valence-corrected chi connectivity index (χ2v) is 8.55. The number of halogens is 1. The van der Waals surface area contributed by atoms with Gasteiger partial charge in [-0.25, -0.2) is 12.8 Å². The highest BCUT2D eigenvalue weighted by Crippen LogP contribution is 2.37. The number of hydrogen-bond acceptors (Lipinski definition) is 3. The summed E-state index contributed by atoms with van der Waals surface area (Å²) in [7, 11) is -3.60. The van der Waals surface area contributed by atoms with Crippen LogP contribution in [0.2, 0.25) is 0 Å². The third-order valence-corrected chi connectivity index (χ3v) is 6.69. The molecular weight excluding hydrogens is 363 g/mol. The molecule has 1 aliphatic rings. The van der Waals surface area contributed by atoms with Crippen molar-refractivity contribution in [2.45, 2.75) is 18.2 Å². The Hall–Kier alpha value is -2.57. The zero-order valence-corrected chi connectivity index (χ0v) is 15.4. The fourth-order valence-electron chi connectivity index (χ4n) is 3.61. The van der Waals surface area contributed by atoms with Crippen LogP contribution in [0.5, 0.6) is 0 Å². The first-order valence-electron chi connectivity index (χ1n) is 8.76. The van der Waals surface area contributed by atoms with Crippen molar-refractivity contribution in [3.8, 4) is 0 Å². The zero-order valence-electron chi connectivity index (χ0n) is 14.6. The lowest BCUT2D eigenvalue weighted by molar-refractivity contribution is 0.343. The van der Waals surface area contributed by atoms with Crippen LogP contribution in [0.4, 0.5) is 4.39 Å². The van der Waals surface area contributed by atoms with Crippen molar-refractivity contribution in [2.75, 3.05) is 6.54 Å². The molecule has 1 aliphatic heterocycles. The second-order valence-electron chi connectivity index (χ2n) is 6.63. The Balaban J connectivity index is 1.75. The van der Waals surface area contributed by atoms with Crippen LogP contribution < -0.4 is 0 Å². The maximum atomic E-state index is 13.3. The van der Waals surface area contributed by atoms with Crippen molar-refractivity contribution in [1.82, 2.24) is 9.29 Å². The smallest absolute Gasteiger partial charge is 0.219 e. The van der Waals surface area contributed by atoms with E-state index < -0.39 is 10.0 Å². The fourth-order valence-corrected chi connectivity index (χ4v) is 5.31. The standard InChI is InChI=1S/C21H19FN2O2S/c22-19-7-5-16(6-8-19)15-27(25,26)24-14-11-17-3-1-2-4-20(17)21(24)18-9-12-23-13-10-18/h1-10,12-13,21H,11,14-15H2. The van der Waals surface area contributed by atoms with Gasteiger partial charge in [0.2, 0.25) is 10.0 Å².